The minimum Gasteiger partial charge on any atom is -0.411 e. The zero-order chi connectivity index (χ0) is 16.8. The van der Waals surface area contributed by atoms with Crippen molar-refractivity contribution in [2.24, 2.45) is 5.73 Å². The smallest absolute Gasteiger partial charge is 0.318 e. The Balaban J connectivity index is 1.90. The summed E-state index contributed by atoms with van der Waals surface area (Å²) < 4.78 is 5.55. The zero-order valence-corrected chi connectivity index (χ0v) is 13.7. The summed E-state index contributed by atoms with van der Waals surface area (Å²) in [4.78, 5) is 21.8. The molecule has 0 bridgehead atoms. The Morgan fingerprint density at radius 1 is 1.26 bits per heavy atom. The molecule has 3 amide bonds. The van der Waals surface area contributed by atoms with Crippen LogP contribution in [0.1, 0.15) is 31.7 Å². The summed E-state index contributed by atoms with van der Waals surface area (Å²) in [6.45, 7) is 4.26. The van der Waals surface area contributed by atoms with Crippen LogP contribution in [0.5, 0.6) is 0 Å². The van der Waals surface area contributed by atoms with Crippen molar-refractivity contribution in [2.75, 3.05) is 5.75 Å². The number of amides is 3. The first-order chi connectivity index (χ1) is 11.0. The number of urea groups is 1. The van der Waals surface area contributed by atoms with Gasteiger partial charge in [0, 0.05) is 17.7 Å². The maximum atomic E-state index is 11.3. The van der Waals surface area contributed by atoms with Crippen LogP contribution < -0.4 is 11.1 Å². The molecule has 122 valence electrons. The molecule has 0 spiro atoms. The van der Waals surface area contributed by atoms with Gasteiger partial charge in [0.2, 0.25) is 11.8 Å². The summed E-state index contributed by atoms with van der Waals surface area (Å²) in [6.07, 6.45) is 0.133. The largest absolute Gasteiger partial charge is 0.411 e. The number of thioether (sulfide) groups is 1. The van der Waals surface area contributed by atoms with Gasteiger partial charge in [-0.1, -0.05) is 37.7 Å². The van der Waals surface area contributed by atoms with Gasteiger partial charge in [-0.3, -0.25) is 10.1 Å². The molecule has 0 aliphatic heterocycles. The average molecular weight is 334 g/mol. The van der Waals surface area contributed by atoms with E-state index in [0.717, 1.165) is 5.56 Å². The predicted octanol–water partition coefficient (Wildman–Crippen LogP) is 2.54. The van der Waals surface area contributed by atoms with Crippen LogP contribution in [-0.2, 0) is 4.79 Å². The molecule has 23 heavy (non-hydrogen) atoms. The van der Waals surface area contributed by atoms with Crippen molar-refractivity contribution in [1.29, 1.82) is 0 Å². The van der Waals surface area contributed by atoms with Crippen molar-refractivity contribution < 1.29 is 14.0 Å². The molecular formula is C15H18N4O3S. The van der Waals surface area contributed by atoms with E-state index in [0.29, 0.717) is 22.8 Å². The molecule has 1 aromatic heterocycles. The normalized spacial score (nSPS) is 10.7. The van der Waals surface area contributed by atoms with E-state index in [9.17, 15) is 9.59 Å². The Morgan fingerprint density at radius 2 is 1.96 bits per heavy atom. The summed E-state index contributed by atoms with van der Waals surface area (Å²) in [5.74, 6) is 0.871. The lowest BCUT2D eigenvalue weighted by molar-refractivity contribution is -0.119. The minimum absolute atomic E-state index is 0.133. The first kappa shape index (κ1) is 17.0. The second kappa shape index (κ2) is 7.77. The molecule has 7 nitrogen and oxygen atoms in total. The lowest BCUT2D eigenvalue weighted by Crippen LogP contribution is -2.35. The van der Waals surface area contributed by atoms with Crippen LogP contribution in [0.2, 0.25) is 0 Å². The Morgan fingerprint density at radius 3 is 2.57 bits per heavy atom. The molecule has 0 aliphatic rings. The fourth-order valence-electron chi connectivity index (χ4n) is 1.83. The van der Waals surface area contributed by atoms with Crippen molar-refractivity contribution in [1.82, 2.24) is 15.5 Å². The molecule has 0 radical (unpaired) electrons. The number of nitrogens with zero attached hydrogens (tertiary/aromatic N) is 2. The van der Waals surface area contributed by atoms with Gasteiger partial charge in [0.1, 0.15) is 0 Å². The molecular weight excluding hydrogens is 316 g/mol. The molecule has 8 heteroatoms. The zero-order valence-electron chi connectivity index (χ0n) is 12.9. The molecule has 0 aliphatic carbocycles. The Hall–Kier alpha value is -2.35. The van der Waals surface area contributed by atoms with Crippen molar-refractivity contribution in [3.8, 4) is 11.5 Å². The highest BCUT2D eigenvalue weighted by Gasteiger charge is 2.11. The number of carbonyl (C=O) groups excluding carboxylic acids is 2. The number of imide groups is 1. The van der Waals surface area contributed by atoms with Crippen molar-refractivity contribution in [2.45, 2.75) is 31.4 Å². The molecule has 0 saturated heterocycles. The molecule has 0 saturated carbocycles. The van der Waals surface area contributed by atoms with Gasteiger partial charge < -0.3 is 10.2 Å². The fraction of sp³-hybridized carbons (Fsp3) is 0.333. The summed E-state index contributed by atoms with van der Waals surface area (Å²) in [5.41, 5.74) is 6.94. The molecule has 0 unspecified atom stereocenters. The Kier molecular flexibility index (Phi) is 5.75. The quantitative estimate of drug-likeness (QED) is 0.785. The topological polar surface area (TPSA) is 111 Å². The molecule has 0 fully saturated rings. The van der Waals surface area contributed by atoms with Crippen LogP contribution in [0, 0.1) is 0 Å². The SMILES string of the molecule is CC(C)c1ccc(-c2nnc(SCCC(=O)NC(N)=O)o2)cc1. The van der Waals surface area contributed by atoms with Gasteiger partial charge in [0.15, 0.2) is 0 Å². The molecule has 2 aromatic rings. The number of nitrogens with two attached hydrogens (primary N) is 1. The van der Waals surface area contributed by atoms with E-state index in [4.69, 9.17) is 10.2 Å². The number of carbonyl (C=O) groups is 2. The minimum atomic E-state index is -0.857. The third-order valence-electron chi connectivity index (χ3n) is 3.05. The van der Waals surface area contributed by atoms with Crippen LogP contribution in [0.15, 0.2) is 33.9 Å². The lowest BCUT2D eigenvalue weighted by atomic mass is 10.0. The third kappa shape index (κ3) is 5.10. The van der Waals surface area contributed by atoms with Crippen molar-refractivity contribution in [3.05, 3.63) is 29.8 Å². The van der Waals surface area contributed by atoms with Crippen LogP contribution in [0.3, 0.4) is 0 Å². The Labute approximate surface area is 138 Å². The van der Waals surface area contributed by atoms with E-state index >= 15 is 0 Å². The summed E-state index contributed by atoms with van der Waals surface area (Å²) >= 11 is 1.25. The summed E-state index contributed by atoms with van der Waals surface area (Å²) in [6, 6.07) is 7.09. The van der Waals surface area contributed by atoms with Crippen molar-refractivity contribution >= 4 is 23.7 Å². The predicted molar refractivity (Wildman–Crippen MR) is 86.9 cm³/mol. The van der Waals surface area contributed by atoms with Crippen LogP contribution in [0.4, 0.5) is 4.79 Å². The van der Waals surface area contributed by atoms with E-state index < -0.39 is 11.9 Å². The highest BCUT2D eigenvalue weighted by molar-refractivity contribution is 7.99. The summed E-state index contributed by atoms with van der Waals surface area (Å²) in [7, 11) is 0. The van der Waals surface area contributed by atoms with Crippen molar-refractivity contribution in [3.63, 3.8) is 0 Å². The van der Waals surface area contributed by atoms with Gasteiger partial charge >= 0.3 is 6.03 Å². The number of benzene rings is 1. The van der Waals surface area contributed by atoms with Crippen LogP contribution in [0.25, 0.3) is 11.5 Å². The van der Waals surface area contributed by atoms with E-state index in [2.05, 4.69) is 24.0 Å². The average Bonchev–Trinajstić information content (AvgIpc) is 2.95. The maximum Gasteiger partial charge on any atom is 0.318 e. The lowest BCUT2D eigenvalue weighted by Gasteiger charge is -2.04. The van der Waals surface area contributed by atoms with Gasteiger partial charge in [-0.2, -0.15) is 0 Å². The highest BCUT2D eigenvalue weighted by Crippen LogP contribution is 2.25. The number of rotatable bonds is 6. The van der Waals surface area contributed by atoms with E-state index in [1.807, 2.05) is 29.6 Å². The van der Waals surface area contributed by atoms with Gasteiger partial charge in [-0.05, 0) is 23.6 Å². The van der Waals surface area contributed by atoms with Crippen LogP contribution in [-0.4, -0.2) is 27.9 Å². The molecule has 3 N–H and O–H groups in total. The molecule has 1 heterocycles. The first-order valence-corrected chi connectivity index (χ1v) is 8.10. The molecule has 0 atom stereocenters. The number of aromatic nitrogens is 2. The highest BCUT2D eigenvalue weighted by atomic mass is 32.2. The van der Waals surface area contributed by atoms with Gasteiger partial charge in [-0.15, -0.1) is 10.2 Å². The number of hydrogen-bond donors (Lipinski definition) is 2. The van der Waals surface area contributed by atoms with Gasteiger partial charge in [0.25, 0.3) is 5.22 Å². The monoisotopic (exact) mass is 334 g/mol. The maximum absolute atomic E-state index is 11.3. The number of primary amides is 1. The van der Waals surface area contributed by atoms with E-state index in [1.165, 1.54) is 17.3 Å². The Bertz CT molecular complexity index is 682. The second-order valence-corrected chi connectivity index (χ2v) is 6.21. The third-order valence-corrected chi connectivity index (χ3v) is 3.87. The first-order valence-electron chi connectivity index (χ1n) is 7.11. The molecule has 1 aromatic carbocycles. The number of nitrogens with one attached hydrogen (secondary N) is 1. The van der Waals surface area contributed by atoms with Gasteiger partial charge in [-0.25, -0.2) is 4.79 Å². The second-order valence-electron chi connectivity index (χ2n) is 5.16. The standard InChI is InChI=1S/C15H18N4O3S/c1-9(2)10-3-5-11(6-4-10)13-18-19-15(22-13)23-8-7-12(20)17-14(16)21/h3-6,9H,7-8H2,1-2H3,(H3,16,17,20,21). The van der Waals surface area contributed by atoms with E-state index in [-0.39, 0.29) is 6.42 Å². The van der Waals surface area contributed by atoms with Crippen LogP contribution >= 0.6 is 11.8 Å². The number of hydrogen-bond acceptors (Lipinski definition) is 6. The van der Waals surface area contributed by atoms with Gasteiger partial charge in [0.05, 0.1) is 0 Å². The fourth-order valence-corrected chi connectivity index (χ4v) is 2.52. The van der Waals surface area contributed by atoms with E-state index in [1.54, 1.807) is 0 Å². The summed E-state index contributed by atoms with van der Waals surface area (Å²) in [5, 5.41) is 10.3. The molecule has 2 rings (SSSR count).